The van der Waals surface area contributed by atoms with Crippen molar-refractivity contribution in [3.05, 3.63) is 58.6 Å². The van der Waals surface area contributed by atoms with Gasteiger partial charge in [0.15, 0.2) is 0 Å². The van der Waals surface area contributed by atoms with Crippen molar-refractivity contribution in [3.63, 3.8) is 0 Å². The normalized spacial score (nSPS) is 12.7. The molecule has 2 aromatic carbocycles. The number of fused-ring (bicyclic) bond motifs is 1. The molecule has 21 heavy (non-hydrogen) atoms. The highest BCUT2D eigenvalue weighted by atomic mass is 32.1. The van der Waals surface area contributed by atoms with Gasteiger partial charge >= 0.3 is 0 Å². The minimum absolute atomic E-state index is 0.0591. The first kappa shape index (κ1) is 14.1. The van der Waals surface area contributed by atoms with Gasteiger partial charge in [-0.2, -0.15) is 0 Å². The minimum Gasteiger partial charge on any atom is -0.271 e. The molecule has 3 N–H and O–H groups in total. The van der Waals surface area contributed by atoms with E-state index in [-0.39, 0.29) is 6.04 Å². The fourth-order valence-corrected chi connectivity index (χ4v) is 3.34. The van der Waals surface area contributed by atoms with E-state index in [2.05, 4.69) is 52.3 Å². The molecule has 0 aliphatic heterocycles. The molecule has 0 bridgehead atoms. The molecule has 0 radical (unpaired) electrons. The highest BCUT2D eigenvalue weighted by Crippen LogP contribution is 2.29. The number of nitrogens with zero attached hydrogens (tertiary/aromatic N) is 2. The van der Waals surface area contributed by atoms with Gasteiger partial charge in [-0.1, -0.05) is 54.2 Å². The van der Waals surface area contributed by atoms with Crippen LogP contribution >= 0.6 is 11.5 Å². The number of benzene rings is 2. The zero-order chi connectivity index (χ0) is 14.7. The van der Waals surface area contributed by atoms with Crippen LogP contribution in [0.25, 0.3) is 10.8 Å². The van der Waals surface area contributed by atoms with Crippen LogP contribution in [-0.4, -0.2) is 9.59 Å². The summed E-state index contributed by atoms with van der Waals surface area (Å²) in [5.74, 6) is 5.81. The van der Waals surface area contributed by atoms with Crippen molar-refractivity contribution >= 4 is 22.3 Å². The molecule has 1 aromatic heterocycles. The summed E-state index contributed by atoms with van der Waals surface area (Å²) in [6.07, 6.45) is 1.98. The molecule has 1 atom stereocenters. The standard InChI is InChI=1S/C16H18N4S/c1-2-5-14-16(21-20-19-14)15(18-17)13-9-8-11-6-3-4-7-12(11)10-13/h3-4,6-10,15,18H,2,5,17H2,1H3. The van der Waals surface area contributed by atoms with E-state index in [1.807, 2.05) is 12.1 Å². The molecule has 0 fully saturated rings. The number of aromatic nitrogens is 2. The lowest BCUT2D eigenvalue weighted by Crippen LogP contribution is -2.29. The second-order valence-electron chi connectivity index (χ2n) is 5.04. The number of aryl methyl sites for hydroxylation is 1. The van der Waals surface area contributed by atoms with Gasteiger partial charge in [0.05, 0.1) is 16.6 Å². The third-order valence-corrected chi connectivity index (χ3v) is 4.44. The predicted octanol–water partition coefficient (Wildman–Crippen LogP) is 3.20. The van der Waals surface area contributed by atoms with Gasteiger partial charge in [-0.3, -0.25) is 5.84 Å². The Bertz CT molecular complexity index is 738. The van der Waals surface area contributed by atoms with Crippen LogP contribution < -0.4 is 11.3 Å². The molecule has 0 aliphatic carbocycles. The van der Waals surface area contributed by atoms with Crippen molar-refractivity contribution in [1.29, 1.82) is 0 Å². The molecule has 108 valence electrons. The quantitative estimate of drug-likeness (QED) is 0.561. The Morgan fingerprint density at radius 3 is 2.76 bits per heavy atom. The smallest absolute Gasteiger partial charge is 0.0837 e. The molecule has 0 aliphatic rings. The zero-order valence-electron chi connectivity index (χ0n) is 11.9. The maximum Gasteiger partial charge on any atom is 0.0837 e. The summed E-state index contributed by atoms with van der Waals surface area (Å²) in [6.45, 7) is 2.14. The maximum atomic E-state index is 5.81. The topological polar surface area (TPSA) is 63.8 Å². The van der Waals surface area contributed by atoms with Gasteiger partial charge in [-0.05, 0) is 40.4 Å². The van der Waals surface area contributed by atoms with Crippen molar-refractivity contribution in [3.8, 4) is 0 Å². The Morgan fingerprint density at radius 1 is 1.19 bits per heavy atom. The van der Waals surface area contributed by atoms with Crippen LogP contribution in [0.2, 0.25) is 0 Å². The van der Waals surface area contributed by atoms with E-state index in [0.29, 0.717) is 0 Å². The Balaban J connectivity index is 2.03. The van der Waals surface area contributed by atoms with Crippen molar-refractivity contribution < 1.29 is 0 Å². The Kier molecular flexibility index (Phi) is 4.24. The molecule has 3 aromatic rings. The molecule has 0 amide bonds. The largest absolute Gasteiger partial charge is 0.271 e. The molecule has 3 rings (SSSR count). The van der Waals surface area contributed by atoms with Crippen LogP contribution in [0.1, 0.15) is 35.5 Å². The number of hydrazine groups is 1. The Labute approximate surface area is 128 Å². The van der Waals surface area contributed by atoms with Crippen LogP contribution in [0.5, 0.6) is 0 Å². The fraction of sp³-hybridized carbons (Fsp3) is 0.250. The highest BCUT2D eigenvalue weighted by molar-refractivity contribution is 7.05. The van der Waals surface area contributed by atoms with Gasteiger partial charge in [0, 0.05) is 0 Å². The van der Waals surface area contributed by atoms with Gasteiger partial charge in [0.2, 0.25) is 0 Å². The molecule has 0 spiro atoms. The molecule has 1 unspecified atom stereocenters. The van der Waals surface area contributed by atoms with Crippen molar-refractivity contribution in [1.82, 2.24) is 15.0 Å². The van der Waals surface area contributed by atoms with Crippen LogP contribution in [0.3, 0.4) is 0 Å². The number of nitrogens with two attached hydrogens (primary N) is 1. The van der Waals surface area contributed by atoms with Gasteiger partial charge in [-0.15, -0.1) is 5.10 Å². The molecule has 0 saturated heterocycles. The summed E-state index contributed by atoms with van der Waals surface area (Å²) in [4.78, 5) is 1.11. The fourth-order valence-electron chi connectivity index (χ4n) is 2.56. The lowest BCUT2D eigenvalue weighted by Gasteiger charge is -2.16. The van der Waals surface area contributed by atoms with E-state index < -0.39 is 0 Å². The molecule has 0 saturated carbocycles. The minimum atomic E-state index is -0.0591. The van der Waals surface area contributed by atoms with Crippen molar-refractivity contribution in [2.75, 3.05) is 0 Å². The van der Waals surface area contributed by atoms with E-state index in [1.54, 1.807) is 0 Å². The summed E-state index contributed by atoms with van der Waals surface area (Å²) < 4.78 is 4.09. The summed E-state index contributed by atoms with van der Waals surface area (Å²) in [5.41, 5.74) is 5.09. The summed E-state index contributed by atoms with van der Waals surface area (Å²) in [5, 5.41) is 6.68. The average molecular weight is 298 g/mol. The number of nitrogens with one attached hydrogen (secondary N) is 1. The lowest BCUT2D eigenvalue weighted by atomic mass is 10.00. The predicted molar refractivity (Wildman–Crippen MR) is 87.0 cm³/mol. The SMILES string of the molecule is CCCc1nnsc1C(NN)c1ccc2ccccc2c1. The van der Waals surface area contributed by atoms with Crippen LogP contribution in [-0.2, 0) is 6.42 Å². The van der Waals surface area contributed by atoms with Gasteiger partial charge in [0.1, 0.15) is 0 Å². The van der Waals surface area contributed by atoms with Crippen molar-refractivity contribution in [2.24, 2.45) is 5.84 Å². The Hall–Kier alpha value is -1.82. The van der Waals surface area contributed by atoms with E-state index in [4.69, 9.17) is 5.84 Å². The first-order valence-corrected chi connectivity index (χ1v) is 7.86. The molecular formula is C16H18N4S. The number of rotatable bonds is 5. The van der Waals surface area contributed by atoms with E-state index in [1.165, 1.54) is 22.3 Å². The lowest BCUT2D eigenvalue weighted by molar-refractivity contribution is 0.637. The second-order valence-corrected chi connectivity index (χ2v) is 5.83. The van der Waals surface area contributed by atoms with E-state index in [0.717, 1.165) is 29.0 Å². The van der Waals surface area contributed by atoms with Gasteiger partial charge in [-0.25, -0.2) is 5.43 Å². The molecule has 5 heteroatoms. The molecule has 4 nitrogen and oxygen atoms in total. The monoisotopic (exact) mass is 298 g/mol. The van der Waals surface area contributed by atoms with E-state index >= 15 is 0 Å². The summed E-state index contributed by atoms with van der Waals surface area (Å²) >= 11 is 1.42. The van der Waals surface area contributed by atoms with Crippen LogP contribution in [0, 0.1) is 0 Å². The molecule has 1 heterocycles. The third kappa shape index (κ3) is 2.81. The van der Waals surface area contributed by atoms with Crippen LogP contribution in [0.4, 0.5) is 0 Å². The average Bonchev–Trinajstić information content (AvgIpc) is 2.97. The first-order valence-electron chi connectivity index (χ1n) is 7.09. The second kappa shape index (κ2) is 6.30. The van der Waals surface area contributed by atoms with Crippen LogP contribution in [0.15, 0.2) is 42.5 Å². The van der Waals surface area contributed by atoms with Gasteiger partial charge < -0.3 is 0 Å². The highest BCUT2D eigenvalue weighted by Gasteiger charge is 2.19. The molecular weight excluding hydrogens is 280 g/mol. The number of hydrogen-bond donors (Lipinski definition) is 2. The Morgan fingerprint density at radius 2 is 2.00 bits per heavy atom. The summed E-state index contributed by atoms with van der Waals surface area (Å²) in [6, 6.07) is 14.7. The first-order chi connectivity index (χ1) is 10.3. The van der Waals surface area contributed by atoms with E-state index in [9.17, 15) is 0 Å². The summed E-state index contributed by atoms with van der Waals surface area (Å²) in [7, 11) is 0. The number of hydrogen-bond acceptors (Lipinski definition) is 5. The van der Waals surface area contributed by atoms with Gasteiger partial charge in [0.25, 0.3) is 0 Å². The zero-order valence-corrected chi connectivity index (χ0v) is 12.7. The maximum absolute atomic E-state index is 5.81. The third-order valence-electron chi connectivity index (χ3n) is 3.61. The van der Waals surface area contributed by atoms with Crippen molar-refractivity contribution in [2.45, 2.75) is 25.8 Å².